The summed E-state index contributed by atoms with van der Waals surface area (Å²) in [5, 5.41) is 4.06. The smallest absolute Gasteiger partial charge is 0.209 e. The molecule has 18 heteroatoms. The molecule has 0 atom stereocenters. The van der Waals surface area contributed by atoms with Gasteiger partial charge >= 0.3 is 0 Å². The summed E-state index contributed by atoms with van der Waals surface area (Å²) in [6.45, 7) is 0. The maximum Gasteiger partial charge on any atom is 0.209 e. The molecule has 21 aromatic carbocycles. The second kappa shape index (κ2) is 35.2. The Morgan fingerprint density at radius 3 is 0.590 bits per heavy atom. The molecule has 0 spiro atoms. The van der Waals surface area contributed by atoms with Gasteiger partial charge in [-0.1, -0.05) is 243 Å². The zero-order chi connectivity index (χ0) is 97.1. The molecule has 690 valence electrons. The van der Waals surface area contributed by atoms with Gasteiger partial charge in [-0.05, 0) is 334 Å². The van der Waals surface area contributed by atoms with E-state index in [1.165, 1.54) is 72.8 Å². The van der Waals surface area contributed by atoms with E-state index in [2.05, 4.69) is 356 Å². The highest BCUT2D eigenvalue weighted by Gasteiger charge is 2.42. The quantitative estimate of drug-likeness (QED) is 0.0712. The third-order valence-electron chi connectivity index (χ3n) is 27.6. The van der Waals surface area contributed by atoms with Crippen molar-refractivity contribution in [1.82, 2.24) is 9.13 Å². The van der Waals surface area contributed by atoms with Crippen molar-refractivity contribution in [3.63, 3.8) is 0 Å². The summed E-state index contributed by atoms with van der Waals surface area (Å²) in [6, 6.07) is 168. The molecule has 2 aliphatic heterocycles. The van der Waals surface area contributed by atoms with Gasteiger partial charge in [0.1, 0.15) is 0 Å². The maximum absolute atomic E-state index is 14.9. The van der Waals surface area contributed by atoms with Gasteiger partial charge in [-0.15, -0.1) is 0 Å². The van der Waals surface area contributed by atoms with E-state index in [9.17, 15) is 33.7 Å². The molecule has 2 aromatic heterocycles. The third kappa shape index (κ3) is 15.0. The van der Waals surface area contributed by atoms with E-state index in [1.807, 2.05) is 97.1 Å². The molecule has 0 amide bonds. The van der Waals surface area contributed by atoms with Crippen LogP contribution in [0.3, 0.4) is 0 Å². The topological polar surface area (TPSA) is 159 Å². The third-order valence-corrected chi connectivity index (χ3v) is 35.5. The highest BCUT2D eigenvalue weighted by atomic mass is 32.2. The fourth-order valence-electron chi connectivity index (χ4n) is 20.9. The molecule has 0 bridgehead atoms. The number of hydrogen-bond donors (Lipinski definition) is 0. The Kier molecular flexibility index (Phi) is 21.5. The van der Waals surface area contributed by atoms with Crippen LogP contribution in [0, 0.1) is 0 Å². The summed E-state index contributed by atoms with van der Waals surface area (Å²) >= 11 is 0. The summed E-state index contributed by atoms with van der Waals surface area (Å²) in [5.41, 5.74) is 25.9. The SMILES string of the molecule is O=S1(=O)c2ccccc2S(=O)(=O)c2cc(-c3cccc(-c4cc(-c5ccc(-n6c7ccc(N(c8ccccc8)c8ccccc8)cc7c7cc(N(c8ccccc8)c8ccccc8)ccc76)cc5)c(-c5cccc(-c6ccc7c(c6)S(=O)(=O)c6ccccc6S7(=O)=O)c5)cc4-c4ccc(-n5c6ccc(N(c7ccccc7)c7ccccc7)cc6c6cc(N(c7ccccc7)c7ccccc7)ccc65)cc4)c3)ccc21. The van der Waals surface area contributed by atoms with Crippen molar-refractivity contribution in [2.45, 2.75) is 39.2 Å². The zero-order valence-electron chi connectivity index (χ0n) is 77.1. The Labute approximate surface area is 834 Å². The van der Waals surface area contributed by atoms with Gasteiger partial charge in [-0.25, -0.2) is 33.7 Å². The van der Waals surface area contributed by atoms with Crippen molar-refractivity contribution in [3.05, 3.63) is 510 Å². The van der Waals surface area contributed by atoms with Crippen LogP contribution in [0.2, 0.25) is 0 Å². The van der Waals surface area contributed by atoms with Gasteiger partial charge < -0.3 is 28.7 Å². The van der Waals surface area contributed by atoms with Crippen molar-refractivity contribution in [2.24, 2.45) is 0 Å². The number of aromatic nitrogens is 2. The second-order valence-corrected chi connectivity index (χ2v) is 43.5. The molecule has 0 unspecified atom stereocenters. The van der Waals surface area contributed by atoms with E-state index in [-0.39, 0.29) is 39.2 Å². The van der Waals surface area contributed by atoms with E-state index in [0.717, 1.165) is 168 Å². The first-order valence-electron chi connectivity index (χ1n) is 47.3. The lowest BCUT2D eigenvalue weighted by Gasteiger charge is -2.26. The lowest BCUT2D eigenvalue weighted by atomic mass is 9.84. The first-order valence-corrected chi connectivity index (χ1v) is 53.2. The van der Waals surface area contributed by atoms with Gasteiger partial charge in [-0.2, -0.15) is 0 Å². The Morgan fingerprint density at radius 2 is 0.340 bits per heavy atom. The summed E-state index contributed by atoms with van der Waals surface area (Å²) in [7, 11) is -17.2. The maximum atomic E-state index is 14.9. The molecule has 144 heavy (non-hydrogen) atoms. The standard InChI is InChI=1S/C126H84N6O8S4/c133-141(134)119-51-25-27-53-121(119)143(137,138)125-77-89(59-73-123(125)141)87-31-29-33-91(75-87)109-84-108(86-57-63-102(64-58-86)132-117-71-67-105(129(97-43-17-5-18-44-97)98-45-19-6-20-46-98)81-113(117)114-82-106(68-72-118(114)132)130(99-47-21-7-22-48-99)100-49-23-8-24-50-100)110(92-34-30-32-88(76-92)90-60-74-124-126(78-90)144(139,140)122-54-28-26-52-120(122)142(124,135)136)83-107(109)85-55-61-101(62-56-85)131-115-69-65-103(127(93-35-9-1-10-36-93)94-37-11-2-12-38-94)79-111(115)112-80-104(66-70-116(112)131)128(95-39-13-3-14-40-95)96-41-15-4-16-42-96/h1-84H. The molecule has 4 heterocycles. The van der Waals surface area contributed by atoms with Gasteiger partial charge in [0.15, 0.2) is 0 Å². The van der Waals surface area contributed by atoms with Crippen LogP contribution >= 0.6 is 0 Å². The second-order valence-electron chi connectivity index (χ2n) is 35.9. The predicted octanol–water partition coefficient (Wildman–Crippen LogP) is 31.7. The van der Waals surface area contributed by atoms with Crippen LogP contribution in [-0.4, -0.2) is 42.8 Å². The largest absolute Gasteiger partial charge is 0.310 e. The monoisotopic (exact) mass is 1940 g/mol. The highest BCUT2D eigenvalue weighted by Crippen LogP contribution is 2.52. The minimum absolute atomic E-state index is 0.269. The van der Waals surface area contributed by atoms with E-state index >= 15 is 0 Å². The van der Waals surface area contributed by atoms with Crippen molar-refractivity contribution >= 4 is 151 Å². The van der Waals surface area contributed by atoms with E-state index in [0.29, 0.717) is 22.3 Å². The van der Waals surface area contributed by atoms with E-state index in [1.54, 1.807) is 12.1 Å². The van der Waals surface area contributed by atoms with E-state index < -0.39 is 39.3 Å². The van der Waals surface area contributed by atoms with Crippen LogP contribution in [0.15, 0.2) is 549 Å². The lowest BCUT2D eigenvalue weighted by Crippen LogP contribution is -2.19. The normalized spacial score (nSPS) is 13.4. The number of rotatable bonds is 20. The Bertz CT molecular complexity index is 8580. The van der Waals surface area contributed by atoms with Gasteiger partial charge in [0.2, 0.25) is 39.3 Å². The number of nitrogens with zero attached hydrogens (tertiary/aromatic N) is 6. The van der Waals surface area contributed by atoms with Crippen molar-refractivity contribution in [2.75, 3.05) is 19.6 Å². The Hall–Kier alpha value is -17.8. The van der Waals surface area contributed by atoms with Crippen molar-refractivity contribution < 1.29 is 33.7 Å². The summed E-state index contributed by atoms with van der Waals surface area (Å²) in [6.07, 6.45) is 0. The summed E-state index contributed by atoms with van der Waals surface area (Å²) in [5.74, 6) is 0. The lowest BCUT2D eigenvalue weighted by molar-refractivity contribution is 0.570. The predicted molar refractivity (Wildman–Crippen MR) is 581 cm³/mol. The summed E-state index contributed by atoms with van der Waals surface area (Å²) < 4.78 is 122. The van der Waals surface area contributed by atoms with Crippen LogP contribution in [0.5, 0.6) is 0 Å². The van der Waals surface area contributed by atoms with Crippen LogP contribution in [-0.2, 0) is 39.3 Å². The van der Waals surface area contributed by atoms with Crippen molar-refractivity contribution in [1.29, 1.82) is 0 Å². The first kappa shape index (κ1) is 87.7. The van der Waals surface area contributed by atoms with E-state index in [4.69, 9.17) is 0 Å². The molecule has 2 aliphatic rings. The molecule has 23 aromatic rings. The molecule has 25 rings (SSSR count). The first-order chi connectivity index (χ1) is 70.4. The van der Waals surface area contributed by atoms with Crippen LogP contribution in [0.4, 0.5) is 68.2 Å². The molecule has 0 radical (unpaired) electrons. The fraction of sp³-hybridized carbons (Fsp3) is 0. The van der Waals surface area contributed by atoms with Gasteiger partial charge in [0, 0.05) is 101 Å². The molecule has 0 fully saturated rings. The number of anilines is 12. The molecular formula is C126H84N6O8S4. The molecule has 14 nitrogen and oxygen atoms in total. The minimum Gasteiger partial charge on any atom is -0.310 e. The van der Waals surface area contributed by atoms with Crippen LogP contribution < -0.4 is 19.6 Å². The molecule has 0 saturated heterocycles. The Morgan fingerprint density at radius 1 is 0.139 bits per heavy atom. The van der Waals surface area contributed by atoms with Crippen molar-refractivity contribution in [3.8, 4) is 78.1 Å². The molecule has 0 N–H and O–H groups in total. The summed E-state index contributed by atoms with van der Waals surface area (Å²) in [4.78, 5) is 6.81. The molecule has 0 saturated carbocycles. The average Bonchev–Trinajstić information content (AvgIpc) is 1.13. The van der Waals surface area contributed by atoms with Crippen LogP contribution in [0.1, 0.15) is 0 Å². The molecule has 0 aliphatic carbocycles. The van der Waals surface area contributed by atoms with Crippen LogP contribution in [0.25, 0.3) is 122 Å². The van der Waals surface area contributed by atoms with Gasteiger partial charge in [-0.3, -0.25) is 0 Å². The minimum atomic E-state index is -4.35. The highest BCUT2D eigenvalue weighted by molar-refractivity contribution is 7.98. The Balaban J connectivity index is 0.703. The number of fused-ring (bicyclic) bond motifs is 10. The number of para-hydroxylation sites is 8. The average molecular weight is 1940 g/mol. The fourth-order valence-corrected chi connectivity index (χ4v) is 29.2. The van der Waals surface area contributed by atoms with Gasteiger partial charge in [0.25, 0.3) is 0 Å². The zero-order valence-corrected chi connectivity index (χ0v) is 80.3. The number of sulfone groups is 4. The molecular weight excluding hydrogens is 1850 g/mol. The van der Waals surface area contributed by atoms with Gasteiger partial charge in [0.05, 0.1) is 61.2 Å². The number of hydrogen-bond acceptors (Lipinski definition) is 12. The number of benzene rings is 21.